The van der Waals surface area contributed by atoms with E-state index >= 15 is 13.7 Å². The Kier molecular flexibility index (Phi) is 39.8. The van der Waals surface area contributed by atoms with Crippen molar-refractivity contribution in [2.75, 3.05) is 70.0 Å². The molecule has 0 radical (unpaired) electrons. The Hall–Kier alpha value is -11.0. The molecule has 50 nitrogen and oxygen atoms in total. The van der Waals surface area contributed by atoms with Gasteiger partial charge >= 0.3 is 31.9 Å². The fraction of sp³-hybridized carbons (Fsp3) is 0.565. The molecular formula is C92H128N26O24P4Si2. The summed E-state index contributed by atoms with van der Waals surface area (Å²) >= 11 is 0. The second-order valence-corrected chi connectivity index (χ2v) is 54.0. The van der Waals surface area contributed by atoms with Crippen molar-refractivity contribution in [3.63, 3.8) is 0 Å². The molecule has 3 unspecified atom stereocenters. The molecule has 0 bridgehead atoms. The number of carbonyl (C=O) groups is 4. The van der Waals surface area contributed by atoms with Crippen LogP contribution in [0.4, 0.5) is 11.6 Å². The number of fused-ring (bicyclic) bond motifs is 6. The number of imidazole rings is 4. The van der Waals surface area contributed by atoms with Crippen molar-refractivity contribution in [1.29, 1.82) is 15.8 Å². The number of aliphatic hydroxyl groups is 1. The van der Waals surface area contributed by atoms with E-state index in [-0.39, 0.29) is 195 Å². The maximum absolute atomic E-state index is 15.4. The topological polar surface area (TPSA) is 653 Å². The van der Waals surface area contributed by atoms with Gasteiger partial charge in [0.1, 0.15) is 85.5 Å². The maximum Gasteiger partial charge on any atom is 0.406 e. The highest BCUT2D eigenvalue weighted by Crippen LogP contribution is 2.56. The van der Waals surface area contributed by atoms with Crippen LogP contribution in [0.5, 0.6) is 0 Å². The molecule has 10 aromatic rings. The average Bonchev–Trinajstić information content (AvgIpc) is 1.60. The largest absolute Gasteiger partial charge is 0.408 e. The van der Waals surface area contributed by atoms with Gasteiger partial charge in [0.05, 0.1) is 146 Å². The smallest absolute Gasteiger partial charge is 0.406 e. The molecule has 8 aromatic heterocycles. The molecule has 0 saturated carbocycles. The van der Waals surface area contributed by atoms with Gasteiger partial charge in [-0.15, -0.1) is 0 Å². The lowest BCUT2D eigenvalue weighted by molar-refractivity contribution is -0.122. The van der Waals surface area contributed by atoms with E-state index in [1.54, 1.807) is 115 Å². The first-order valence-electron chi connectivity index (χ1n) is 47.1. The number of nitrogens with two attached hydrogens (primary N) is 1. The summed E-state index contributed by atoms with van der Waals surface area (Å²) in [7, 11) is -19.7. The van der Waals surface area contributed by atoms with Crippen molar-refractivity contribution in [3.05, 3.63) is 154 Å². The molecule has 798 valence electrons. The van der Waals surface area contributed by atoms with Crippen molar-refractivity contribution >= 4 is 128 Å². The number of carbonyl (C=O) groups excluding carboxylic acids is 4. The Morgan fingerprint density at radius 1 is 0.595 bits per heavy atom. The van der Waals surface area contributed by atoms with E-state index < -0.39 is 182 Å². The zero-order valence-corrected chi connectivity index (χ0v) is 88.9. The van der Waals surface area contributed by atoms with Gasteiger partial charge in [0.15, 0.2) is 85.4 Å². The minimum absolute atomic E-state index is 0. The highest BCUT2D eigenvalue weighted by atomic mass is 31.2. The number of nitrogens with one attached hydrogen (secondary N) is 7. The molecule has 148 heavy (non-hydrogen) atoms. The van der Waals surface area contributed by atoms with E-state index in [1.807, 2.05) is 66.0 Å². The molecule has 10 N–H and O–H groups in total. The Labute approximate surface area is 858 Å². The highest BCUT2D eigenvalue weighted by molar-refractivity contribution is 7.52. The minimum Gasteiger partial charge on any atom is -0.408 e. The Balaban J connectivity index is 0.000000266. The predicted molar refractivity (Wildman–Crippen MR) is 544 cm³/mol. The number of ketones is 2. The second kappa shape index (κ2) is 50.3. The zero-order chi connectivity index (χ0) is 106. The molecule has 0 spiro atoms. The standard InChI is InChI=1S/C45H59N13O12P2Si.C42H56N12O11P2Si.C3H5NO.2CH4/c1-26(2)29(59)20-32-52-40-36(42(61)53-32)51-25-58(40)43-27(3)33-30(68-43)21-66-72(63,64-18-13-16-46)56-34-31(22-67-71(62,55-33)65-19-17-47-7)69-44(37(34)70-73(8,9)45(4,5)6)57-24-50-35-38(48-23-49-39(35)57)54-41(60)28-14-11-10-12-15-28;1-23(2)26(55)17-29-49-37-33(39(57)50-29)48-22-54(37)40-24(3)30(44)27(63-40)19-62-67(59,61-16-12-15-43)52-31-28(18-60-66-58)64-41(34(31)65-68(7,8)42(4,5)6)53-21-47-32-35(45-20-46-36(32)53)51-38(56)25-13-10-9-11-14-25;4-2-1-3-5;;/h10-12,14-15,23-27,30-31,33-34,37,43-44H,13,17-22H2,1-6,8-9H3,(H,55,62)(H,56,63)(H,52,53,61)(H,48,49,54,60);9-11,13-14,20-24,27-28,30-31,34,40-41H,12,16-19,44H2,1-8H3,(H,52,59)(H,49,50,57)(H,45,46,51,56);5H,1,3H2;2*1H4/t27-,30-,31-,33+,34-,37-,43-,44-,71?,72?;24-,27-,28-,30+,31-,34-,40-,41-,67?;;;/m11.../s1. The number of nitrogens with zero attached hydrogens (tertiary/aromatic N) is 18. The van der Waals surface area contributed by atoms with Gasteiger partial charge in [-0.25, -0.2) is 89.9 Å². The summed E-state index contributed by atoms with van der Waals surface area (Å²) in [6.45, 7) is 35.7. The Morgan fingerprint density at radius 3 is 1.49 bits per heavy atom. The number of Topliss-reactive ketones (excluding diaryl/α,β-unsaturated/α-hetero) is 2. The number of amides is 2. The number of rotatable bonds is 36. The number of aromatic nitrogens is 16. The predicted octanol–water partition coefficient (Wildman–Crippen LogP) is 12.4. The van der Waals surface area contributed by atoms with Crippen LogP contribution >= 0.6 is 31.9 Å². The SMILES string of the molecule is C.C.CC(C)C(=O)Cc1nc2c(ncn2[C@@H]2O[C@H](COP(=O)(N[C@H]3[C@@H](O[Si](C)(C)C(C)(C)C)[C@H](n4cnc5c(NC(=O)c6ccccc6)ncnc54)O[C@@H]3COP=O)OCCC#N)[C@@H](N)[C@H]2C)c(=O)[nH]1.N#CCCO.[C-]#[N+]CCOP1(=O)N[C@H]2[C@@H](C)[C@H](n3cnc4c(=O)[nH]c(CC(=O)C(C)C)nc43)O[C@@H]2COP(=O)(OCCC#N)N[C@H]2[C@@H](O[Si](C)(C)C(C)(C)C)[C@H](n3cnc4c(NC(=O)c5ccccc5)ncnc43)O[C@@H]2CO1. The van der Waals surface area contributed by atoms with Gasteiger partial charge < -0.3 is 64.1 Å². The number of aliphatic hydroxyl groups excluding tert-OH is 1. The van der Waals surface area contributed by atoms with Crippen LogP contribution in [0.25, 0.3) is 49.5 Å². The molecule has 2 amide bonds. The summed E-state index contributed by atoms with van der Waals surface area (Å²) in [5, 5.41) is 48.6. The molecule has 13 heterocycles. The molecule has 0 aliphatic carbocycles. The first-order valence-corrected chi connectivity index (χ1v) is 58.3. The number of anilines is 2. The summed E-state index contributed by atoms with van der Waals surface area (Å²) < 4.78 is 147. The van der Waals surface area contributed by atoms with Gasteiger partial charge in [0.25, 0.3) is 22.9 Å². The lowest BCUT2D eigenvalue weighted by Crippen LogP contribution is -2.53. The third-order valence-electron chi connectivity index (χ3n) is 26.1. The van der Waals surface area contributed by atoms with Gasteiger partial charge in [-0.05, 0) is 60.5 Å². The van der Waals surface area contributed by atoms with Crippen LogP contribution in [0.2, 0.25) is 36.3 Å². The molecule has 15 rings (SSSR count). The van der Waals surface area contributed by atoms with Crippen LogP contribution in [0.15, 0.2) is 108 Å². The quantitative estimate of drug-likeness (QED) is 0.00762. The Bertz CT molecular complexity index is 6800. The molecule has 56 heteroatoms. The van der Waals surface area contributed by atoms with Crippen LogP contribution in [0.3, 0.4) is 0 Å². The fourth-order valence-corrected chi connectivity index (χ4v) is 23.6. The number of H-pyrrole nitrogens is 2. The average molecular weight is 2160 g/mol. The normalized spacial score (nSPS) is 25.1. The summed E-state index contributed by atoms with van der Waals surface area (Å²) in [6, 6.07) is 19.0. The van der Waals surface area contributed by atoms with Gasteiger partial charge in [0.2, 0.25) is 6.54 Å². The molecule has 5 fully saturated rings. The molecule has 5 aliphatic heterocycles. The van der Waals surface area contributed by atoms with Crippen LogP contribution in [0, 0.1) is 64.2 Å². The van der Waals surface area contributed by atoms with E-state index in [0.29, 0.717) is 11.1 Å². The van der Waals surface area contributed by atoms with E-state index in [4.69, 9.17) is 82.1 Å². The molecule has 2 aromatic carbocycles. The van der Waals surface area contributed by atoms with E-state index in [0.717, 1.165) is 0 Å². The summed E-state index contributed by atoms with van der Waals surface area (Å²) in [5.41, 5.74) is 7.75. The number of hydrogen-bond donors (Lipinski definition) is 9. The van der Waals surface area contributed by atoms with Crippen molar-refractivity contribution in [2.45, 2.75) is 252 Å². The summed E-state index contributed by atoms with van der Waals surface area (Å²) in [6.07, 6.45) is -2.26. The van der Waals surface area contributed by atoms with Crippen LogP contribution in [-0.2, 0) is 100 Å². The molecule has 5 aliphatic rings. The van der Waals surface area contributed by atoms with Crippen molar-refractivity contribution < 1.29 is 102 Å². The van der Waals surface area contributed by atoms with Crippen molar-refractivity contribution in [1.82, 2.24) is 93.3 Å². The summed E-state index contributed by atoms with van der Waals surface area (Å²) in [5.74, 6) is -2.21. The number of ether oxygens (including phenoxy) is 4. The third-order valence-corrected chi connectivity index (χ3v) is 40.1. The fourth-order valence-electron chi connectivity index (χ4n) is 16.0. The lowest BCUT2D eigenvalue weighted by Gasteiger charge is -2.41. The number of nitriles is 3. The van der Waals surface area contributed by atoms with Crippen molar-refractivity contribution in [3.8, 4) is 18.2 Å². The van der Waals surface area contributed by atoms with E-state index in [2.05, 4.69) is 111 Å². The number of hydrogen-bond acceptors (Lipinski definition) is 38. The number of aromatic amines is 2. The van der Waals surface area contributed by atoms with Gasteiger partial charge in [-0.2, -0.15) is 15.8 Å². The minimum atomic E-state index is -4.54. The number of benzene rings is 2. The monoisotopic (exact) mass is 2160 g/mol. The van der Waals surface area contributed by atoms with E-state index in [9.17, 15) is 43.9 Å². The molecule has 5 saturated heterocycles. The maximum atomic E-state index is 15.4. The first kappa shape index (κ1) is 117. The van der Waals surface area contributed by atoms with Gasteiger partial charge in [-0.3, -0.25) is 78.7 Å². The van der Waals surface area contributed by atoms with Crippen LogP contribution < -0.4 is 42.7 Å². The van der Waals surface area contributed by atoms with Crippen LogP contribution in [0.1, 0.15) is 174 Å². The van der Waals surface area contributed by atoms with E-state index in [1.165, 1.54) is 42.5 Å². The molecule has 19 atom stereocenters. The second-order valence-electron chi connectivity index (χ2n) is 38.8. The summed E-state index contributed by atoms with van der Waals surface area (Å²) in [4.78, 5) is 131. The lowest BCUT2D eigenvalue weighted by atomic mass is 10.00. The van der Waals surface area contributed by atoms with Gasteiger partial charge in [-0.1, -0.05) is 134 Å². The zero-order valence-electron chi connectivity index (χ0n) is 83.3. The van der Waals surface area contributed by atoms with Crippen LogP contribution in [-0.4, -0.2) is 243 Å². The van der Waals surface area contributed by atoms with Gasteiger partial charge in [0, 0.05) is 40.8 Å². The third kappa shape index (κ3) is 27.3. The molecular weight excluding hydrogens is 2030 g/mol. The Morgan fingerprint density at radius 2 is 1.03 bits per heavy atom. The first-order chi connectivity index (χ1) is 69.3. The van der Waals surface area contributed by atoms with Crippen molar-refractivity contribution in [2.24, 2.45) is 29.4 Å². The highest BCUT2D eigenvalue weighted by Gasteiger charge is 2.58.